The number of aromatic nitrogens is 4. The van der Waals surface area contributed by atoms with E-state index in [-0.39, 0.29) is 0 Å². The van der Waals surface area contributed by atoms with Gasteiger partial charge in [0.1, 0.15) is 12.1 Å². The number of nitrogens with one attached hydrogen (secondary N) is 1. The maximum absolute atomic E-state index is 4.52. The third-order valence-corrected chi connectivity index (χ3v) is 4.06. The average molecular weight is 310 g/mol. The fraction of sp³-hybridized carbons (Fsp3) is 0.353. The number of nitrogens with zero attached hydrogens (tertiary/aromatic N) is 5. The van der Waals surface area contributed by atoms with Crippen molar-refractivity contribution in [1.82, 2.24) is 24.4 Å². The molecule has 3 rings (SSSR count). The molecule has 0 radical (unpaired) electrons. The number of aryl methyl sites for hydroxylation is 1. The van der Waals surface area contributed by atoms with Crippen LogP contribution in [0.4, 0.5) is 5.82 Å². The number of rotatable bonds is 5. The van der Waals surface area contributed by atoms with Crippen molar-refractivity contribution in [1.29, 1.82) is 0 Å². The van der Waals surface area contributed by atoms with Crippen LogP contribution in [0.5, 0.6) is 0 Å². The molecule has 0 fully saturated rings. The fourth-order valence-corrected chi connectivity index (χ4v) is 2.74. The molecular weight excluding hydrogens is 288 g/mol. The maximum atomic E-state index is 4.52. The van der Waals surface area contributed by atoms with Gasteiger partial charge in [0, 0.05) is 31.2 Å². The second kappa shape index (κ2) is 6.34. The number of fused-ring (bicyclic) bond motifs is 1. The molecule has 0 aliphatic heterocycles. The van der Waals surface area contributed by atoms with E-state index in [9.17, 15) is 0 Å². The number of hydrogen-bond donors (Lipinski definition) is 1. The quantitative estimate of drug-likeness (QED) is 0.784. The van der Waals surface area contributed by atoms with Crippen LogP contribution >= 0.6 is 0 Å². The second-order valence-corrected chi connectivity index (χ2v) is 5.90. The first-order chi connectivity index (χ1) is 11.1. The summed E-state index contributed by atoms with van der Waals surface area (Å²) >= 11 is 0. The first-order valence-electron chi connectivity index (χ1n) is 7.71. The van der Waals surface area contributed by atoms with Gasteiger partial charge in [-0.3, -0.25) is 9.55 Å². The highest BCUT2D eigenvalue weighted by molar-refractivity contribution is 5.93. The number of likely N-dealkylation sites (N-methyl/N-ethyl adjacent to an activating group) is 1. The van der Waals surface area contributed by atoms with Crippen LogP contribution in [0.3, 0.4) is 0 Å². The lowest BCUT2D eigenvalue weighted by molar-refractivity contribution is 0.425. The van der Waals surface area contributed by atoms with E-state index in [1.54, 1.807) is 18.7 Å². The normalized spacial score (nSPS) is 11.3. The average Bonchev–Trinajstić information content (AvgIpc) is 2.80. The van der Waals surface area contributed by atoms with Crippen LogP contribution < -0.4 is 5.32 Å². The summed E-state index contributed by atoms with van der Waals surface area (Å²) in [5.74, 6) is 0.894. The van der Waals surface area contributed by atoms with Crippen molar-refractivity contribution in [3.63, 3.8) is 0 Å². The topological polar surface area (TPSA) is 58.9 Å². The van der Waals surface area contributed by atoms with Gasteiger partial charge in [-0.1, -0.05) is 0 Å². The minimum absolute atomic E-state index is 0.845. The monoisotopic (exact) mass is 310 g/mol. The summed E-state index contributed by atoms with van der Waals surface area (Å²) in [6.45, 7) is 6.03. The lowest BCUT2D eigenvalue weighted by Gasteiger charge is -2.11. The molecule has 120 valence electrons. The summed E-state index contributed by atoms with van der Waals surface area (Å²) in [7, 11) is 4.12. The van der Waals surface area contributed by atoms with Gasteiger partial charge in [0.25, 0.3) is 0 Å². The van der Waals surface area contributed by atoms with Gasteiger partial charge < -0.3 is 10.2 Å². The Bertz CT molecular complexity index is 807. The molecule has 0 amide bonds. The van der Waals surface area contributed by atoms with Gasteiger partial charge in [-0.05, 0) is 45.6 Å². The van der Waals surface area contributed by atoms with Crippen LogP contribution in [0.2, 0.25) is 0 Å². The Balaban J connectivity index is 2.09. The molecule has 0 saturated heterocycles. The van der Waals surface area contributed by atoms with Gasteiger partial charge in [0.2, 0.25) is 0 Å². The predicted molar refractivity (Wildman–Crippen MR) is 93.2 cm³/mol. The van der Waals surface area contributed by atoms with E-state index < -0.39 is 0 Å². The molecular formula is C17H22N6. The minimum Gasteiger partial charge on any atom is -0.368 e. The third-order valence-electron chi connectivity index (χ3n) is 4.06. The standard InChI is InChI=1S/C17H22N6/c1-12-13(2)23(14-5-7-18-8-6-14)17-15(12)16(20-11-21-17)19-9-10-22(3)4/h5-8,11H,9-10H2,1-4H3,(H,19,20,21). The largest absolute Gasteiger partial charge is 0.368 e. The SMILES string of the molecule is Cc1c(C)n(-c2ccncc2)c2ncnc(NCCN(C)C)c12. The molecule has 0 aliphatic rings. The molecule has 3 aromatic rings. The molecule has 0 atom stereocenters. The summed E-state index contributed by atoms with van der Waals surface area (Å²) in [6.07, 6.45) is 5.22. The Hall–Kier alpha value is -2.47. The van der Waals surface area contributed by atoms with Crippen LogP contribution in [0, 0.1) is 13.8 Å². The maximum Gasteiger partial charge on any atom is 0.150 e. The van der Waals surface area contributed by atoms with Crippen LogP contribution in [0.15, 0.2) is 30.9 Å². The van der Waals surface area contributed by atoms with Crippen LogP contribution in [-0.2, 0) is 0 Å². The van der Waals surface area contributed by atoms with Crippen molar-refractivity contribution < 1.29 is 0 Å². The van der Waals surface area contributed by atoms with Gasteiger partial charge in [0.15, 0.2) is 5.65 Å². The van der Waals surface area contributed by atoms with E-state index in [4.69, 9.17) is 0 Å². The molecule has 3 aromatic heterocycles. The van der Waals surface area contributed by atoms with E-state index >= 15 is 0 Å². The molecule has 0 bridgehead atoms. The van der Waals surface area contributed by atoms with Crippen molar-refractivity contribution in [3.8, 4) is 5.69 Å². The van der Waals surface area contributed by atoms with Gasteiger partial charge in [-0.25, -0.2) is 9.97 Å². The highest BCUT2D eigenvalue weighted by Gasteiger charge is 2.17. The van der Waals surface area contributed by atoms with Crippen LogP contribution in [0.25, 0.3) is 16.7 Å². The molecule has 6 heteroatoms. The lowest BCUT2D eigenvalue weighted by atomic mass is 10.2. The lowest BCUT2D eigenvalue weighted by Crippen LogP contribution is -2.21. The minimum atomic E-state index is 0.845. The Kier molecular flexibility index (Phi) is 4.25. The highest BCUT2D eigenvalue weighted by atomic mass is 15.1. The Morgan fingerprint density at radius 1 is 1.13 bits per heavy atom. The third kappa shape index (κ3) is 2.90. The van der Waals surface area contributed by atoms with Gasteiger partial charge in [0.05, 0.1) is 11.1 Å². The Morgan fingerprint density at radius 3 is 2.57 bits per heavy atom. The van der Waals surface area contributed by atoms with Crippen LogP contribution in [0.1, 0.15) is 11.3 Å². The van der Waals surface area contributed by atoms with Crippen molar-refractivity contribution >= 4 is 16.9 Å². The van der Waals surface area contributed by atoms with E-state index in [1.165, 1.54) is 11.3 Å². The smallest absolute Gasteiger partial charge is 0.150 e. The zero-order valence-electron chi connectivity index (χ0n) is 14.0. The summed E-state index contributed by atoms with van der Waals surface area (Å²) in [4.78, 5) is 15.2. The molecule has 23 heavy (non-hydrogen) atoms. The van der Waals surface area contributed by atoms with Crippen LogP contribution in [-0.4, -0.2) is 51.6 Å². The summed E-state index contributed by atoms with van der Waals surface area (Å²) in [5.41, 5.74) is 4.36. The zero-order valence-corrected chi connectivity index (χ0v) is 14.0. The van der Waals surface area contributed by atoms with E-state index in [0.29, 0.717) is 0 Å². The summed E-state index contributed by atoms with van der Waals surface area (Å²) in [5, 5.41) is 4.52. The van der Waals surface area contributed by atoms with Crippen molar-refractivity contribution in [2.45, 2.75) is 13.8 Å². The molecule has 0 saturated carbocycles. The predicted octanol–water partition coefficient (Wildman–Crippen LogP) is 2.41. The van der Waals surface area contributed by atoms with Gasteiger partial charge in [-0.2, -0.15) is 0 Å². The molecule has 0 aliphatic carbocycles. The first kappa shape index (κ1) is 15.4. The van der Waals surface area contributed by atoms with Gasteiger partial charge >= 0.3 is 0 Å². The number of anilines is 1. The Labute approximate surface area is 136 Å². The van der Waals surface area contributed by atoms with Gasteiger partial charge in [-0.15, -0.1) is 0 Å². The molecule has 0 spiro atoms. The van der Waals surface area contributed by atoms with E-state index in [0.717, 1.165) is 35.6 Å². The fourth-order valence-electron chi connectivity index (χ4n) is 2.74. The van der Waals surface area contributed by atoms with Crippen molar-refractivity contribution in [2.24, 2.45) is 0 Å². The van der Waals surface area contributed by atoms with E-state index in [2.05, 4.69) is 57.7 Å². The zero-order chi connectivity index (χ0) is 16.4. The number of hydrogen-bond acceptors (Lipinski definition) is 5. The Morgan fingerprint density at radius 2 is 1.87 bits per heavy atom. The first-order valence-corrected chi connectivity index (χ1v) is 7.71. The molecule has 6 nitrogen and oxygen atoms in total. The van der Waals surface area contributed by atoms with Crippen molar-refractivity contribution in [2.75, 3.05) is 32.5 Å². The molecule has 0 unspecified atom stereocenters. The molecule has 0 aromatic carbocycles. The van der Waals surface area contributed by atoms with E-state index in [1.807, 2.05) is 12.1 Å². The summed E-state index contributed by atoms with van der Waals surface area (Å²) in [6, 6.07) is 3.99. The van der Waals surface area contributed by atoms with Crippen molar-refractivity contribution in [3.05, 3.63) is 42.1 Å². The summed E-state index contributed by atoms with van der Waals surface area (Å²) < 4.78 is 2.16. The highest BCUT2D eigenvalue weighted by Crippen LogP contribution is 2.30. The second-order valence-electron chi connectivity index (χ2n) is 5.90. The molecule has 3 heterocycles. The molecule has 1 N–H and O–H groups in total. The number of pyridine rings is 1.